The van der Waals surface area contributed by atoms with Crippen molar-refractivity contribution in [2.75, 3.05) is 5.32 Å². The van der Waals surface area contributed by atoms with Crippen molar-refractivity contribution in [3.8, 4) is 5.75 Å². The highest BCUT2D eigenvalue weighted by Crippen LogP contribution is 2.32. The van der Waals surface area contributed by atoms with E-state index in [9.17, 15) is 4.79 Å². The highest BCUT2D eigenvalue weighted by atomic mass is 35.5. The van der Waals surface area contributed by atoms with Crippen LogP contribution in [-0.4, -0.2) is 11.0 Å². The molecule has 0 saturated heterocycles. The van der Waals surface area contributed by atoms with E-state index in [0.29, 0.717) is 18.0 Å². The lowest BCUT2D eigenvalue weighted by Gasteiger charge is -2.15. The van der Waals surface area contributed by atoms with Gasteiger partial charge < -0.3 is 15.4 Å². The van der Waals surface area contributed by atoms with Gasteiger partial charge in [-0.1, -0.05) is 23.7 Å². The maximum atomic E-state index is 12.4. The molecule has 0 saturated carbocycles. The second-order valence-electron chi connectivity index (χ2n) is 6.33. The van der Waals surface area contributed by atoms with E-state index < -0.39 is 0 Å². The van der Waals surface area contributed by atoms with Gasteiger partial charge in [0.1, 0.15) is 12.4 Å². The number of anilines is 1. The smallest absolute Gasteiger partial charge is 0.319 e. The Hall–Kier alpha value is -2.57. The van der Waals surface area contributed by atoms with Crippen molar-refractivity contribution in [3.05, 3.63) is 75.2 Å². The first kappa shape index (κ1) is 17.8. The van der Waals surface area contributed by atoms with Crippen molar-refractivity contribution in [1.29, 1.82) is 0 Å². The Kier molecular flexibility index (Phi) is 5.27. The number of thiazole rings is 1. The second kappa shape index (κ2) is 7.98. The van der Waals surface area contributed by atoms with Crippen LogP contribution in [0.3, 0.4) is 0 Å². The zero-order chi connectivity index (χ0) is 18.6. The third kappa shape index (κ3) is 4.40. The summed E-state index contributed by atoms with van der Waals surface area (Å²) in [6.07, 6.45) is 1.79. The SMILES string of the molecule is O=C(Nc1cccc(OCc2cscn2)c1)NC1CCc2cc(Cl)ccc21. The molecule has 138 valence electrons. The number of urea groups is 1. The first-order valence-corrected chi connectivity index (χ1v) is 9.95. The first-order chi connectivity index (χ1) is 13.2. The minimum atomic E-state index is -0.237. The quantitative estimate of drug-likeness (QED) is 0.621. The molecule has 3 aromatic rings. The summed E-state index contributed by atoms with van der Waals surface area (Å²) in [5, 5.41) is 8.59. The van der Waals surface area contributed by atoms with Gasteiger partial charge in [-0.25, -0.2) is 9.78 Å². The standard InChI is InChI=1S/C20H18ClN3O2S/c21-14-5-6-18-13(8-14)4-7-19(18)24-20(25)23-15-2-1-3-17(9-15)26-10-16-11-27-12-22-16/h1-3,5-6,8-9,11-12,19H,4,7,10H2,(H2,23,24,25). The van der Waals surface area contributed by atoms with Gasteiger partial charge in [-0.05, 0) is 48.2 Å². The lowest BCUT2D eigenvalue weighted by Crippen LogP contribution is -2.31. The first-order valence-electron chi connectivity index (χ1n) is 8.63. The molecule has 4 rings (SSSR count). The molecular formula is C20H18ClN3O2S. The molecule has 5 nitrogen and oxygen atoms in total. The highest BCUT2D eigenvalue weighted by Gasteiger charge is 2.24. The van der Waals surface area contributed by atoms with E-state index in [1.807, 2.05) is 41.8 Å². The molecule has 1 aromatic heterocycles. The van der Waals surface area contributed by atoms with Crippen LogP contribution in [-0.2, 0) is 13.0 Å². The van der Waals surface area contributed by atoms with E-state index in [2.05, 4.69) is 15.6 Å². The number of fused-ring (bicyclic) bond motifs is 1. The van der Waals surface area contributed by atoms with Crippen molar-refractivity contribution in [2.45, 2.75) is 25.5 Å². The lowest BCUT2D eigenvalue weighted by atomic mass is 10.1. The Morgan fingerprint density at radius 3 is 3.07 bits per heavy atom. The molecule has 0 spiro atoms. The Labute approximate surface area is 166 Å². The van der Waals surface area contributed by atoms with E-state index in [-0.39, 0.29) is 12.1 Å². The third-order valence-corrected chi connectivity index (χ3v) is 5.32. The van der Waals surface area contributed by atoms with Crippen LogP contribution in [0.4, 0.5) is 10.5 Å². The van der Waals surface area contributed by atoms with Crippen molar-refractivity contribution < 1.29 is 9.53 Å². The monoisotopic (exact) mass is 399 g/mol. The number of aryl methyl sites for hydroxylation is 1. The molecule has 27 heavy (non-hydrogen) atoms. The van der Waals surface area contributed by atoms with Crippen LogP contribution in [0.25, 0.3) is 0 Å². The summed E-state index contributed by atoms with van der Waals surface area (Å²) in [5.74, 6) is 0.682. The van der Waals surface area contributed by atoms with Crippen molar-refractivity contribution in [2.24, 2.45) is 0 Å². The van der Waals surface area contributed by atoms with Crippen LogP contribution in [0.5, 0.6) is 5.75 Å². The summed E-state index contributed by atoms with van der Waals surface area (Å²) in [6.45, 7) is 0.403. The number of amides is 2. The van der Waals surface area contributed by atoms with Crippen LogP contribution in [0.15, 0.2) is 53.4 Å². The average Bonchev–Trinajstić information content (AvgIpc) is 3.30. The van der Waals surface area contributed by atoms with Gasteiger partial charge in [0, 0.05) is 22.2 Å². The Morgan fingerprint density at radius 2 is 2.22 bits per heavy atom. The van der Waals surface area contributed by atoms with E-state index in [1.54, 1.807) is 11.6 Å². The van der Waals surface area contributed by atoms with Crippen LogP contribution in [0.1, 0.15) is 29.3 Å². The normalized spacial score (nSPS) is 15.2. The Bertz CT molecular complexity index is 946. The molecule has 0 bridgehead atoms. The molecule has 0 fully saturated rings. The van der Waals surface area contributed by atoms with Crippen molar-refractivity contribution in [1.82, 2.24) is 10.3 Å². The van der Waals surface area contributed by atoms with E-state index >= 15 is 0 Å². The minimum Gasteiger partial charge on any atom is -0.487 e. The van der Waals surface area contributed by atoms with Crippen molar-refractivity contribution >= 4 is 34.7 Å². The number of nitrogens with one attached hydrogen (secondary N) is 2. The molecular weight excluding hydrogens is 382 g/mol. The molecule has 2 aromatic carbocycles. The molecule has 1 heterocycles. The maximum Gasteiger partial charge on any atom is 0.319 e. The number of rotatable bonds is 5. The van der Waals surface area contributed by atoms with Gasteiger partial charge >= 0.3 is 6.03 Å². The molecule has 1 aliphatic rings. The molecule has 1 unspecified atom stereocenters. The fourth-order valence-corrected chi connectivity index (χ4v) is 3.93. The fourth-order valence-electron chi connectivity index (χ4n) is 3.19. The summed E-state index contributed by atoms with van der Waals surface area (Å²) in [4.78, 5) is 16.6. The summed E-state index contributed by atoms with van der Waals surface area (Å²) >= 11 is 7.58. The lowest BCUT2D eigenvalue weighted by molar-refractivity contribution is 0.248. The van der Waals surface area contributed by atoms with Gasteiger partial charge in [0.05, 0.1) is 17.2 Å². The zero-order valence-electron chi connectivity index (χ0n) is 14.4. The number of nitrogens with zero attached hydrogens (tertiary/aromatic N) is 1. The van der Waals surface area contributed by atoms with Gasteiger partial charge in [-0.2, -0.15) is 0 Å². The van der Waals surface area contributed by atoms with Gasteiger partial charge in [0.15, 0.2) is 0 Å². The molecule has 1 aliphatic carbocycles. The minimum absolute atomic E-state index is 0.00126. The molecule has 1 atom stereocenters. The van der Waals surface area contributed by atoms with Crippen LogP contribution < -0.4 is 15.4 Å². The van der Waals surface area contributed by atoms with Crippen LogP contribution >= 0.6 is 22.9 Å². The third-order valence-electron chi connectivity index (χ3n) is 4.45. The highest BCUT2D eigenvalue weighted by molar-refractivity contribution is 7.07. The average molecular weight is 400 g/mol. The molecule has 2 amide bonds. The van der Waals surface area contributed by atoms with Gasteiger partial charge in [0.2, 0.25) is 0 Å². The topological polar surface area (TPSA) is 63.2 Å². The Morgan fingerprint density at radius 1 is 1.30 bits per heavy atom. The summed E-state index contributed by atoms with van der Waals surface area (Å²) in [5.41, 5.74) is 5.67. The number of aromatic nitrogens is 1. The van der Waals surface area contributed by atoms with E-state index in [0.717, 1.165) is 29.1 Å². The van der Waals surface area contributed by atoms with Gasteiger partial charge in [-0.15, -0.1) is 11.3 Å². The van der Waals surface area contributed by atoms with Crippen LogP contribution in [0.2, 0.25) is 5.02 Å². The second-order valence-corrected chi connectivity index (χ2v) is 7.48. The summed E-state index contributed by atoms with van der Waals surface area (Å²) in [6, 6.07) is 12.9. The predicted molar refractivity (Wildman–Crippen MR) is 108 cm³/mol. The Balaban J connectivity index is 1.35. The number of hydrogen-bond acceptors (Lipinski definition) is 4. The molecule has 0 radical (unpaired) electrons. The number of ether oxygens (including phenoxy) is 1. The summed E-state index contributed by atoms with van der Waals surface area (Å²) in [7, 11) is 0. The van der Waals surface area contributed by atoms with E-state index in [1.165, 1.54) is 16.9 Å². The fraction of sp³-hybridized carbons (Fsp3) is 0.200. The number of carbonyl (C=O) groups is 1. The van der Waals surface area contributed by atoms with E-state index in [4.69, 9.17) is 16.3 Å². The number of benzene rings is 2. The largest absolute Gasteiger partial charge is 0.487 e. The molecule has 0 aliphatic heterocycles. The molecule has 2 N–H and O–H groups in total. The molecule has 7 heteroatoms. The van der Waals surface area contributed by atoms with Gasteiger partial charge in [-0.3, -0.25) is 0 Å². The zero-order valence-corrected chi connectivity index (χ0v) is 16.0. The van der Waals surface area contributed by atoms with Gasteiger partial charge in [0.25, 0.3) is 0 Å². The number of halogens is 1. The predicted octanol–water partition coefficient (Wildman–Crippen LogP) is 5.18. The number of hydrogen-bond donors (Lipinski definition) is 2. The van der Waals surface area contributed by atoms with Crippen molar-refractivity contribution in [3.63, 3.8) is 0 Å². The summed E-state index contributed by atoms with van der Waals surface area (Å²) < 4.78 is 5.72. The number of carbonyl (C=O) groups excluding carboxylic acids is 1. The maximum absolute atomic E-state index is 12.4. The van der Waals surface area contributed by atoms with Crippen LogP contribution in [0, 0.1) is 0 Å².